The van der Waals surface area contributed by atoms with E-state index in [-0.39, 0.29) is 0 Å². The number of aromatic nitrogens is 1. The largest absolute Gasteiger partial charge is 0.478 e. The van der Waals surface area contributed by atoms with Gasteiger partial charge in [0.15, 0.2) is 0 Å². The second-order valence-corrected chi connectivity index (χ2v) is 5.68. The Morgan fingerprint density at radius 1 is 1.30 bits per heavy atom. The van der Waals surface area contributed by atoms with E-state index in [0.29, 0.717) is 11.5 Å². The van der Waals surface area contributed by atoms with Crippen LogP contribution in [0.3, 0.4) is 0 Å². The van der Waals surface area contributed by atoms with Crippen molar-refractivity contribution >= 4 is 16.9 Å². The van der Waals surface area contributed by atoms with Crippen molar-refractivity contribution in [1.82, 2.24) is 4.57 Å². The molecule has 2 rings (SSSR count). The molecule has 3 heteroatoms. The van der Waals surface area contributed by atoms with Gasteiger partial charge < -0.3 is 9.67 Å². The van der Waals surface area contributed by atoms with Crippen LogP contribution in [0.15, 0.2) is 24.4 Å². The molecule has 20 heavy (non-hydrogen) atoms. The topological polar surface area (TPSA) is 42.2 Å². The van der Waals surface area contributed by atoms with Crippen LogP contribution in [-0.4, -0.2) is 15.6 Å². The van der Waals surface area contributed by atoms with Crippen LogP contribution in [0, 0.1) is 0 Å². The van der Waals surface area contributed by atoms with E-state index in [1.54, 1.807) is 6.07 Å². The number of aryl methyl sites for hydroxylation is 1. The number of nitrogens with zero attached hydrogens (tertiary/aromatic N) is 1. The minimum absolute atomic E-state index is 0.366. The molecule has 1 heterocycles. The second-order valence-electron chi connectivity index (χ2n) is 5.68. The van der Waals surface area contributed by atoms with Gasteiger partial charge in [0.25, 0.3) is 0 Å². The van der Waals surface area contributed by atoms with Crippen molar-refractivity contribution in [3.63, 3.8) is 0 Å². The van der Waals surface area contributed by atoms with Crippen LogP contribution >= 0.6 is 0 Å². The number of carboxylic acids is 1. The maximum atomic E-state index is 11.1. The molecule has 0 saturated heterocycles. The predicted molar refractivity (Wildman–Crippen MR) is 82.5 cm³/mol. The zero-order valence-corrected chi connectivity index (χ0v) is 12.5. The minimum atomic E-state index is -0.861. The van der Waals surface area contributed by atoms with Crippen LogP contribution in [0.25, 0.3) is 10.9 Å². The van der Waals surface area contributed by atoms with Crippen molar-refractivity contribution in [3.8, 4) is 0 Å². The summed E-state index contributed by atoms with van der Waals surface area (Å²) in [6.45, 7) is 7.51. The third kappa shape index (κ3) is 2.87. The Kier molecular flexibility index (Phi) is 4.48. The molecule has 0 atom stereocenters. The van der Waals surface area contributed by atoms with Crippen molar-refractivity contribution < 1.29 is 9.90 Å². The molecular formula is C17H23NO2. The molecule has 0 unspecified atom stereocenters. The Balaban J connectivity index is 2.47. The molecule has 1 aromatic carbocycles. The zero-order chi connectivity index (χ0) is 14.7. The van der Waals surface area contributed by atoms with Gasteiger partial charge in [-0.15, -0.1) is 0 Å². The summed E-state index contributed by atoms with van der Waals surface area (Å²) in [5, 5.41) is 10.2. The van der Waals surface area contributed by atoms with Gasteiger partial charge in [0.2, 0.25) is 0 Å². The smallest absolute Gasteiger partial charge is 0.335 e. The molecule has 0 aliphatic carbocycles. The van der Waals surface area contributed by atoms with Gasteiger partial charge in [-0.25, -0.2) is 4.79 Å². The number of fused-ring (bicyclic) bond motifs is 1. The van der Waals surface area contributed by atoms with Crippen LogP contribution < -0.4 is 0 Å². The van der Waals surface area contributed by atoms with Gasteiger partial charge in [-0.05, 0) is 36.1 Å². The highest BCUT2D eigenvalue weighted by Crippen LogP contribution is 2.29. The highest BCUT2D eigenvalue weighted by molar-refractivity contribution is 5.95. The summed E-state index contributed by atoms with van der Waals surface area (Å²) in [4.78, 5) is 11.1. The standard InChI is InChI=1S/C17H23NO2/c1-4-5-6-9-18-11-15(12(2)3)14-10-13(17(19)20)7-8-16(14)18/h7-8,10-12H,4-6,9H2,1-3H3,(H,19,20). The lowest BCUT2D eigenvalue weighted by atomic mass is 10.0. The molecule has 2 aromatic rings. The van der Waals surface area contributed by atoms with Crippen LogP contribution in [-0.2, 0) is 6.54 Å². The Morgan fingerprint density at radius 3 is 2.65 bits per heavy atom. The monoisotopic (exact) mass is 273 g/mol. The Labute approximate surface area is 120 Å². The van der Waals surface area contributed by atoms with Gasteiger partial charge in [0.05, 0.1) is 5.56 Å². The van der Waals surface area contributed by atoms with Crippen LogP contribution in [0.2, 0.25) is 0 Å². The first kappa shape index (κ1) is 14.6. The van der Waals surface area contributed by atoms with Gasteiger partial charge in [-0.3, -0.25) is 0 Å². The van der Waals surface area contributed by atoms with Crippen LogP contribution in [0.1, 0.15) is 61.9 Å². The number of benzene rings is 1. The number of carboxylic acid groups (broad SMARTS) is 1. The first-order chi connectivity index (χ1) is 9.54. The van der Waals surface area contributed by atoms with Crippen molar-refractivity contribution in [3.05, 3.63) is 35.5 Å². The minimum Gasteiger partial charge on any atom is -0.478 e. The van der Waals surface area contributed by atoms with E-state index >= 15 is 0 Å². The van der Waals surface area contributed by atoms with Gasteiger partial charge in [-0.2, -0.15) is 0 Å². The van der Waals surface area contributed by atoms with Crippen molar-refractivity contribution in [2.24, 2.45) is 0 Å². The third-order valence-corrected chi connectivity index (χ3v) is 3.78. The second kappa shape index (κ2) is 6.12. The van der Waals surface area contributed by atoms with E-state index in [4.69, 9.17) is 5.11 Å². The Morgan fingerprint density at radius 2 is 2.05 bits per heavy atom. The summed E-state index contributed by atoms with van der Waals surface area (Å²) in [6.07, 6.45) is 5.79. The van der Waals surface area contributed by atoms with Crippen LogP contribution in [0.5, 0.6) is 0 Å². The van der Waals surface area contributed by atoms with Gasteiger partial charge >= 0.3 is 5.97 Å². The Hall–Kier alpha value is -1.77. The zero-order valence-electron chi connectivity index (χ0n) is 12.5. The fourth-order valence-corrected chi connectivity index (χ4v) is 2.63. The quantitative estimate of drug-likeness (QED) is 0.778. The molecule has 0 radical (unpaired) electrons. The molecule has 0 bridgehead atoms. The lowest BCUT2D eigenvalue weighted by Gasteiger charge is -2.04. The molecule has 0 fully saturated rings. The summed E-state index contributed by atoms with van der Waals surface area (Å²) in [7, 11) is 0. The van der Waals surface area contributed by atoms with E-state index in [9.17, 15) is 4.79 Å². The molecule has 0 aliphatic rings. The van der Waals surface area contributed by atoms with Crippen molar-refractivity contribution in [1.29, 1.82) is 0 Å². The number of unbranched alkanes of at least 4 members (excludes halogenated alkanes) is 2. The first-order valence-corrected chi connectivity index (χ1v) is 7.40. The van der Waals surface area contributed by atoms with E-state index in [1.165, 1.54) is 24.8 Å². The molecule has 3 nitrogen and oxygen atoms in total. The van der Waals surface area contributed by atoms with E-state index in [1.807, 2.05) is 12.1 Å². The Bertz CT molecular complexity index is 611. The molecule has 0 amide bonds. The number of hydrogen-bond acceptors (Lipinski definition) is 1. The number of rotatable bonds is 6. The van der Waals surface area contributed by atoms with E-state index in [0.717, 1.165) is 17.4 Å². The summed E-state index contributed by atoms with van der Waals surface area (Å²) in [5.41, 5.74) is 2.75. The summed E-state index contributed by atoms with van der Waals surface area (Å²) in [5.74, 6) is -0.464. The highest BCUT2D eigenvalue weighted by Gasteiger charge is 2.13. The van der Waals surface area contributed by atoms with E-state index in [2.05, 4.69) is 31.5 Å². The lowest BCUT2D eigenvalue weighted by Crippen LogP contribution is -1.98. The normalized spacial score (nSPS) is 11.4. The molecule has 1 aromatic heterocycles. The third-order valence-electron chi connectivity index (χ3n) is 3.78. The number of aromatic carboxylic acids is 1. The maximum Gasteiger partial charge on any atom is 0.335 e. The van der Waals surface area contributed by atoms with Crippen molar-refractivity contribution in [2.75, 3.05) is 0 Å². The average molecular weight is 273 g/mol. The SMILES string of the molecule is CCCCCn1cc(C(C)C)c2cc(C(=O)O)ccc21. The van der Waals surface area contributed by atoms with Gasteiger partial charge in [0, 0.05) is 23.6 Å². The number of hydrogen-bond donors (Lipinski definition) is 1. The summed E-state index contributed by atoms with van der Waals surface area (Å²) in [6, 6.07) is 5.45. The fourth-order valence-electron chi connectivity index (χ4n) is 2.63. The molecule has 0 aliphatic heterocycles. The van der Waals surface area contributed by atoms with Crippen LogP contribution in [0.4, 0.5) is 0 Å². The summed E-state index contributed by atoms with van der Waals surface area (Å²) < 4.78 is 2.27. The van der Waals surface area contributed by atoms with Crippen molar-refractivity contribution in [2.45, 2.75) is 52.5 Å². The van der Waals surface area contributed by atoms with Gasteiger partial charge in [-0.1, -0.05) is 33.6 Å². The molecule has 1 N–H and O–H groups in total. The van der Waals surface area contributed by atoms with E-state index < -0.39 is 5.97 Å². The predicted octanol–water partition coefficient (Wildman–Crippen LogP) is 4.65. The molecule has 0 saturated carbocycles. The molecular weight excluding hydrogens is 250 g/mol. The lowest BCUT2D eigenvalue weighted by molar-refractivity contribution is 0.0697. The maximum absolute atomic E-state index is 11.1. The fraction of sp³-hybridized carbons (Fsp3) is 0.471. The molecule has 108 valence electrons. The molecule has 0 spiro atoms. The number of carbonyl (C=O) groups is 1. The highest BCUT2D eigenvalue weighted by atomic mass is 16.4. The van der Waals surface area contributed by atoms with Gasteiger partial charge in [0.1, 0.15) is 0 Å². The first-order valence-electron chi connectivity index (χ1n) is 7.40. The average Bonchev–Trinajstić information content (AvgIpc) is 2.77. The summed E-state index contributed by atoms with van der Waals surface area (Å²) >= 11 is 0.